The molecule has 0 aliphatic rings. The smallest absolute Gasteiger partial charge is 0.377 e. The zero-order chi connectivity index (χ0) is 17.5. The SMILES string of the molecule is CCOc1ccn(-c2ccc(C)c(O/C(=C\OC)C(=O)OC)c2)n1. The Kier molecular flexibility index (Phi) is 5.83. The molecule has 24 heavy (non-hydrogen) atoms. The molecule has 128 valence electrons. The lowest BCUT2D eigenvalue weighted by Gasteiger charge is -2.12. The first-order valence-corrected chi connectivity index (χ1v) is 7.37. The molecule has 0 N–H and O–H groups in total. The maximum Gasteiger partial charge on any atom is 0.377 e. The molecule has 2 rings (SSSR count). The van der Waals surface area contributed by atoms with Gasteiger partial charge in [-0.2, -0.15) is 0 Å². The van der Waals surface area contributed by atoms with Gasteiger partial charge in [-0.3, -0.25) is 0 Å². The average Bonchev–Trinajstić information content (AvgIpc) is 3.04. The number of methoxy groups -OCH3 is 2. The van der Waals surface area contributed by atoms with Crippen LogP contribution in [-0.4, -0.2) is 36.6 Å². The molecule has 0 aliphatic heterocycles. The second-order valence-electron chi connectivity index (χ2n) is 4.79. The molecule has 1 aromatic heterocycles. The van der Waals surface area contributed by atoms with E-state index in [0.29, 0.717) is 18.2 Å². The van der Waals surface area contributed by atoms with Gasteiger partial charge >= 0.3 is 5.97 Å². The number of hydrogen-bond acceptors (Lipinski definition) is 6. The predicted molar refractivity (Wildman–Crippen MR) is 87.2 cm³/mol. The second-order valence-corrected chi connectivity index (χ2v) is 4.79. The Bertz CT molecular complexity index is 736. The lowest BCUT2D eigenvalue weighted by molar-refractivity contribution is -0.138. The maximum absolute atomic E-state index is 11.7. The molecular formula is C17H20N2O5. The van der Waals surface area contributed by atoms with Gasteiger partial charge in [0.05, 0.1) is 26.5 Å². The summed E-state index contributed by atoms with van der Waals surface area (Å²) < 4.78 is 22.2. The number of aryl methyl sites for hydroxylation is 1. The van der Waals surface area contributed by atoms with Crippen LogP contribution in [0.2, 0.25) is 0 Å². The van der Waals surface area contributed by atoms with Gasteiger partial charge in [0.1, 0.15) is 12.0 Å². The Hall–Kier alpha value is -2.96. The highest BCUT2D eigenvalue weighted by Crippen LogP contribution is 2.24. The van der Waals surface area contributed by atoms with E-state index in [1.807, 2.05) is 26.0 Å². The third-order valence-electron chi connectivity index (χ3n) is 3.12. The number of rotatable bonds is 7. The Morgan fingerprint density at radius 3 is 2.75 bits per heavy atom. The van der Waals surface area contributed by atoms with Crippen LogP contribution in [0.4, 0.5) is 0 Å². The van der Waals surface area contributed by atoms with Crippen molar-refractivity contribution in [3.8, 4) is 17.3 Å². The van der Waals surface area contributed by atoms with Gasteiger partial charge in [-0.25, -0.2) is 9.48 Å². The van der Waals surface area contributed by atoms with Gasteiger partial charge in [0.25, 0.3) is 0 Å². The fourth-order valence-corrected chi connectivity index (χ4v) is 1.96. The first kappa shape index (κ1) is 17.4. The Morgan fingerprint density at radius 1 is 1.29 bits per heavy atom. The molecule has 0 unspecified atom stereocenters. The van der Waals surface area contributed by atoms with Gasteiger partial charge in [0, 0.05) is 18.3 Å². The Labute approximate surface area is 140 Å². The molecule has 1 heterocycles. The van der Waals surface area contributed by atoms with Crippen LogP contribution in [0.3, 0.4) is 0 Å². The summed E-state index contributed by atoms with van der Waals surface area (Å²) in [6, 6.07) is 7.30. The van der Waals surface area contributed by atoms with Crippen molar-refractivity contribution < 1.29 is 23.7 Å². The van der Waals surface area contributed by atoms with Crippen LogP contribution >= 0.6 is 0 Å². The molecule has 0 amide bonds. The highest BCUT2D eigenvalue weighted by molar-refractivity contribution is 5.86. The highest BCUT2D eigenvalue weighted by Gasteiger charge is 2.15. The van der Waals surface area contributed by atoms with Crippen molar-refractivity contribution in [1.82, 2.24) is 9.78 Å². The minimum Gasteiger partial charge on any atom is -0.500 e. The van der Waals surface area contributed by atoms with Crippen LogP contribution in [0.5, 0.6) is 11.6 Å². The van der Waals surface area contributed by atoms with Crippen molar-refractivity contribution in [2.45, 2.75) is 13.8 Å². The lowest BCUT2D eigenvalue weighted by Crippen LogP contribution is -2.12. The Morgan fingerprint density at radius 2 is 2.08 bits per heavy atom. The van der Waals surface area contributed by atoms with Crippen molar-refractivity contribution in [1.29, 1.82) is 0 Å². The minimum atomic E-state index is -0.626. The van der Waals surface area contributed by atoms with Crippen LogP contribution in [0.15, 0.2) is 42.5 Å². The number of nitrogens with zero attached hydrogens (tertiary/aromatic N) is 2. The lowest BCUT2D eigenvalue weighted by atomic mass is 10.2. The molecular weight excluding hydrogens is 312 g/mol. The zero-order valence-corrected chi connectivity index (χ0v) is 14.1. The number of carbonyl (C=O) groups excluding carboxylic acids is 1. The van der Waals surface area contributed by atoms with E-state index in [-0.39, 0.29) is 5.76 Å². The molecule has 0 bridgehead atoms. The normalized spacial score (nSPS) is 11.1. The topological polar surface area (TPSA) is 71.8 Å². The largest absolute Gasteiger partial charge is 0.500 e. The summed E-state index contributed by atoms with van der Waals surface area (Å²) in [5, 5.41) is 4.32. The molecule has 0 radical (unpaired) electrons. The van der Waals surface area contributed by atoms with E-state index in [0.717, 1.165) is 11.3 Å². The van der Waals surface area contributed by atoms with Gasteiger partial charge in [-0.15, -0.1) is 5.10 Å². The van der Waals surface area contributed by atoms with Crippen molar-refractivity contribution in [2.75, 3.05) is 20.8 Å². The van der Waals surface area contributed by atoms with E-state index in [9.17, 15) is 4.79 Å². The van der Waals surface area contributed by atoms with Crippen molar-refractivity contribution in [3.05, 3.63) is 48.0 Å². The predicted octanol–water partition coefficient (Wildman–Crippen LogP) is 2.62. The van der Waals surface area contributed by atoms with Crippen LogP contribution in [0, 0.1) is 6.92 Å². The third kappa shape index (κ3) is 4.07. The Balaban J connectivity index is 2.30. The van der Waals surface area contributed by atoms with E-state index in [2.05, 4.69) is 9.84 Å². The number of ether oxygens (including phenoxy) is 4. The monoisotopic (exact) mass is 332 g/mol. The third-order valence-corrected chi connectivity index (χ3v) is 3.12. The fraction of sp³-hybridized carbons (Fsp3) is 0.294. The summed E-state index contributed by atoms with van der Waals surface area (Å²) in [6.45, 7) is 4.31. The molecule has 0 saturated heterocycles. The molecule has 1 aromatic carbocycles. The number of aromatic nitrogens is 2. The maximum atomic E-state index is 11.7. The molecule has 7 nitrogen and oxygen atoms in total. The van der Waals surface area contributed by atoms with E-state index < -0.39 is 5.97 Å². The molecule has 2 aromatic rings. The number of carbonyl (C=O) groups is 1. The van der Waals surface area contributed by atoms with E-state index >= 15 is 0 Å². The van der Waals surface area contributed by atoms with Crippen LogP contribution in [-0.2, 0) is 14.3 Å². The minimum absolute atomic E-state index is 0.0456. The van der Waals surface area contributed by atoms with Gasteiger partial charge in [0.2, 0.25) is 11.6 Å². The first-order valence-electron chi connectivity index (χ1n) is 7.37. The van der Waals surface area contributed by atoms with E-state index in [1.54, 1.807) is 23.0 Å². The quantitative estimate of drug-likeness (QED) is 0.441. The van der Waals surface area contributed by atoms with Crippen LogP contribution in [0.25, 0.3) is 5.69 Å². The summed E-state index contributed by atoms with van der Waals surface area (Å²) in [4.78, 5) is 11.7. The molecule has 0 aliphatic carbocycles. The summed E-state index contributed by atoms with van der Waals surface area (Å²) in [6.07, 6.45) is 2.98. The van der Waals surface area contributed by atoms with Crippen molar-refractivity contribution >= 4 is 5.97 Å². The van der Waals surface area contributed by atoms with Crippen molar-refractivity contribution in [2.24, 2.45) is 0 Å². The van der Waals surface area contributed by atoms with Gasteiger partial charge in [0.15, 0.2) is 0 Å². The summed E-state index contributed by atoms with van der Waals surface area (Å²) in [5.41, 5.74) is 1.62. The number of hydrogen-bond donors (Lipinski definition) is 0. The van der Waals surface area contributed by atoms with Gasteiger partial charge in [-0.05, 0) is 25.5 Å². The van der Waals surface area contributed by atoms with Crippen molar-refractivity contribution in [3.63, 3.8) is 0 Å². The summed E-state index contributed by atoms with van der Waals surface area (Å²) >= 11 is 0. The van der Waals surface area contributed by atoms with E-state index in [4.69, 9.17) is 14.2 Å². The molecule has 0 atom stereocenters. The number of esters is 1. The zero-order valence-electron chi connectivity index (χ0n) is 14.1. The summed E-state index contributed by atoms with van der Waals surface area (Å²) in [5.74, 6) is 0.361. The van der Waals surface area contributed by atoms with Crippen LogP contribution in [0.1, 0.15) is 12.5 Å². The van der Waals surface area contributed by atoms with Gasteiger partial charge < -0.3 is 18.9 Å². The first-order chi connectivity index (χ1) is 11.6. The second kappa shape index (κ2) is 8.05. The number of benzene rings is 1. The highest BCUT2D eigenvalue weighted by atomic mass is 16.6. The molecule has 7 heteroatoms. The molecule has 0 spiro atoms. The molecule has 0 saturated carbocycles. The molecule has 0 fully saturated rings. The van der Waals surface area contributed by atoms with Gasteiger partial charge in [-0.1, -0.05) is 6.07 Å². The summed E-state index contributed by atoms with van der Waals surface area (Å²) in [7, 11) is 2.70. The fourth-order valence-electron chi connectivity index (χ4n) is 1.96. The van der Waals surface area contributed by atoms with E-state index in [1.165, 1.54) is 20.5 Å². The average molecular weight is 332 g/mol. The van der Waals surface area contributed by atoms with Crippen LogP contribution < -0.4 is 9.47 Å². The standard InChI is InChI=1S/C17H20N2O5/c1-5-23-16-8-9-19(18-16)13-7-6-12(2)14(10-13)24-15(11-21-3)17(20)22-4/h6-11H,5H2,1-4H3/b15-11-.